The van der Waals surface area contributed by atoms with E-state index in [4.69, 9.17) is 9.47 Å². The number of aliphatic hydroxyl groups is 1. The van der Waals surface area contributed by atoms with Gasteiger partial charge >= 0.3 is 11.9 Å². The zero-order valence-electron chi connectivity index (χ0n) is 57.9. The lowest BCUT2D eigenvalue weighted by atomic mass is 10.1. The predicted octanol–water partition coefficient (Wildman–Crippen LogP) is 25.8. The third-order valence-electron chi connectivity index (χ3n) is 14.0. The normalized spacial score (nSPS) is 13.9. The first-order valence-corrected chi connectivity index (χ1v) is 35.9. The van der Waals surface area contributed by atoms with Crippen molar-refractivity contribution in [3.8, 4) is 0 Å². The molecule has 0 aliphatic rings. The Kier molecular flexibility index (Phi) is 72.6. The highest BCUT2D eigenvalue weighted by Gasteiger charge is 2.16. The molecule has 0 aliphatic carbocycles. The van der Waals surface area contributed by atoms with E-state index < -0.39 is 6.10 Å². The molecule has 1 atom stereocenters. The van der Waals surface area contributed by atoms with E-state index in [1.165, 1.54) is 25.7 Å². The number of carbonyl (C=O) groups is 2. The van der Waals surface area contributed by atoms with Crippen LogP contribution in [0.2, 0.25) is 0 Å². The lowest BCUT2D eigenvalue weighted by Gasteiger charge is -2.15. The maximum atomic E-state index is 12.4. The van der Waals surface area contributed by atoms with Crippen molar-refractivity contribution in [1.29, 1.82) is 0 Å². The highest BCUT2D eigenvalue weighted by molar-refractivity contribution is 5.70. The lowest BCUT2D eigenvalue weighted by Crippen LogP contribution is -2.28. The smallest absolute Gasteiger partial charge is 0.306 e. The van der Waals surface area contributed by atoms with E-state index in [1.54, 1.807) is 0 Å². The summed E-state index contributed by atoms with van der Waals surface area (Å²) in [7, 11) is 0. The number of hydrogen-bond acceptors (Lipinski definition) is 5. The Bertz CT molecular complexity index is 2360. The van der Waals surface area contributed by atoms with Crippen molar-refractivity contribution in [3.63, 3.8) is 0 Å². The van der Waals surface area contributed by atoms with Gasteiger partial charge in [-0.05, 0) is 180 Å². The Morgan fingerprint density at radius 2 is 0.435 bits per heavy atom. The lowest BCUT2D eigenvalue weighted by molar-refractivity contribution is -0.161. The summed E-state index contributed by atoms with van der Waals surface area (Å²) in [6.07, 6.45) is 132. The van der Waals surface area contributed by atoms with E-state index in [2.05, 4.69) is 281 Å². The number of allylic oxidation sites excluding steroid dienone is 44. The maximum Gasteiger partial charge on any atom is 0.306 e. The van der Waals surface area contributed by atoms with Crippen LogP contribution in [0, 0.1) is 0 Å². The monoisotopic (exact) mass is 1250 g/mol. The molecule has 0 aromatic heterocycles. The van der Waals surface area contributed by atoms with Gasteiger partial charge in [0.2, 0.25) is 0 Å². The predicted molar refractivity (Wildman–Crippen MR) is 407 cm³/mol. The number of hydrogen-bond donors (Lipinski definition) is 1. The molecule has 92 heavy (non-hydrogen) atoms. The number of rotatable bonds is 62. The summed E-state index contributed by atoms with van der Waals surface area (Å²) in [5.41, 5.74) is 0. The van der Waals surface area contributed by atoms with Gasteiger partial charge in [-0.25, -0.2) is 0 Å². The number of ether oxygens (including phenoxy) is 2. The molecule has 506 valence electrons. The highest BCUT2D eigenvalue weighted by Crippen LogP contribution is 2.13. The minimum absolute atomic E-state index is 0.107. The molecule has 0 aromatic carbocycles. The van der Waals surface area contributed by atoms with Crippen LogP contribution in [-0.2, 0) is 19.1 Å². The van der Waals surface area contributed by atoms with Gasteiger partial charge in [-0.1, -0.05) is 320 Å². The van der Waals surface area contributed by atoms with Crippen molar-refractivity contribution in [2.75, 3.05) is 13.2 Å². The molecular formula is C87H128O5. The molecule has 5 heteroatoms. The molecule has 0 bridgehead atoms. The molecule has 0 radical (unpaired) electrons. The summed E-state index contributed by atoms with van der Waals surface area (Å²) in [5, 5.41) is 9.70. The van der Waals surface area contributed by atoms with Gasteiger partial charge in [0.05, 0.1) is 6.61 Å². The van der Waals surface area contributed by atoms with Gasteiger partial charge in [-0.3, -0.25) is 9.59 Å². The van der Waals surface area contributed by atoms with E-state index in [0.717, 1.165) is 193 Å². The molecule has 1 N–H and O–H groups in total. The first-order chi connectivity index (χ1) is 45.6. The number of aliphatic hydroxyl groups excluding tert-OH is 1. The second kappa shape index (κ2) is 78.4. The molecule has 0 amide bonds. The summed E-state index contributed by atoms with van der Waals surface area (Å²) in [6.45, 7) is 3.85. The van der Waals surface area contributed by atoms with E-state index in [1.807, 2.05) is 0 Å². The SMILES string of the molecule is CC/C=C\C/C=C\C/C=C\C/C=C\C/C=C\C/C=C\C/C=C\C/C=C\C/C=C\C/C=C\C/C=C\CCCCCCCCCC(=O)OC(CO)COC(=O)CCCCC/C=C\C/C=C\C/C=C\C/C=C\C/C=C\C/C=C\C/C=C\C/C=C\C/C=C\C/C=C\C/C=C\CC. The molecule has 0 saturated heterocycles. The number of esters is 2. The summed E-state index contributed by atoms with van der Waals surface area (Å²) in [6, 6.07) is 0. The minimum atomic E-state index is -0.816. The van der Waals surface area contributed by atoms with Crippen LogP contribution in [-0.4, -0.2) is 36.4 Å². The molecule has 0 aliphatic heterocycles. The zero-order valence-corrected chi connectivity index (χ0v) is 57.9. The Hall–Kier alpha value is -6.82. The topological polar surface area (TPSA) is 72.8 Å². The van der Waals surface area contributed by atoms with Crippen LogP contribution in [0.1, 0.15) is 245 Å². The van der Waals surface area contributed by atoms with E-state index in [0.29, 0.717) is 12.8 Å². The first kappa shape index (κ1) is 85.2. The van der Waals surface area contributed by atoms with Gasteiger partial charge < -0.3 is 14.6 Å². The number of unbranched alkanes of at least 4 members (excludes halogenated alkanes) is 10. The minimum Gasteiger partial charge on any atom is -0.462 e. The first-order valence-electron chi connectivity index (χ1n) is 35.9. The van der Waals surface area contributed by atoms with Crippen LogP contribution in [0.5, 0.6) is 0 Å². The fraction of sp³-hybridized carbons (Fsp3) is 0.471. The Labute approximate surface area is 564 Å². The van der Waals surface area contributed by atoms with Crippen molar-refractivity contribution < 1.29 is 24.2 Å². The van der Waals surface area contributed by atoms with Crippen LogP contribution in [0.4, 0.5) is 0 Å². The Morgan fingerprint density at radius 1 is 0.250 bits per heavy atom. The van der Waals surface area contributed by atoms with Gasteiger partial charge in [0.25, 0.3) is 0 Å². The molecule has 0 spiro atoms. The van der Waals surface area contributed by atoms with Crippen molar-refractivity contribution in [1.82, 2.24) is 0 Å². The standard InChI is InChI=1S/C87H128O5/c1-3-5-7-9-11-13-15-17-19-21-23-25-27-29-31-33-35-37-39-41-42-43-44-46-48-50-52-54-56-58-60-62-64-66-68-70-72-74-76-78-80-82-87(90)92-85(83-88)84-91-86(89)81-79-77-75-73-71-69-67-65-63-61-59-57-55-53-51-49-47-45-40-38-36-34-32-30-28-26-24-22-20-18-16-14-12-10-8-6-4-2/h5-8,11-14,17-20,23-26,29-32,35-38,41-42,44-47,50-53,56-59,62-65,69,71,85,88H,3-4,9-10,15-16,21-22,27-28,33-34,39-40,43,48-49,54-55,60-61,66-68,70,72-84H2,1-2H3/b7-5-,8-6-,13-11-,14-12-,19-17-,20-18-,25-23-,26-24-,31-29-,32-30-,37-35-,38-36-,42-41-,46-44-,47-45-,52-50-,53-51-,58-56-,59-57-,64-62-,65-63-,71-69-. The fourth-order valence-electron chi connectivity index (χ4n) is 8.74. The average molecular weight is 1250 g/mol. The van der Waals surface area contributed by atoms with E-state index in [-0.39, 0.29) is 25.2 Å². The Balaban J connectivity index is 3.71. The average Bonchev–Trinajstić information content (AvgIpc) is 3.64. The van der Waals surface area contributed by atoms with Gasteiger partial charge in [-0.2, -0.15) is 0 Å². The molecule has 0 heterocycles. The van der Waals surface area contributed by atoms with Crippen molar-refractivity contribution in [2.24, 2.45) is 0 Å². The van der Waals surface area contributed by atoms with Crippen LogP contribution in [0.25, 0.3) is 0 Å². The van der Waals surface area contributed by atoms with E-state index >= 15 is 0 Å². The van der Waals surface area contributed by atoms with Crippen molar-refractivity contribution in [2.45, 2.75) is 251 Å². The van der Waals surface area contributed by atoms with Crippen molar-refractivity contribution >= 4 is 11.9 Å². The fourth-order valence-corrected chi connectivity index (χ4v) is 8.74. The van der Waals surface area contributed by atoms with Gasteiger partial charge in [-0.15, -0.1) is 0 Å². The molecule has 0 fully saturated rings. The quantitative estimate of drug-likeness (QED) is 0.0373. The van der Waals surface area contributed by atoms with Gasteiger partial charge in [0.15, 0.2) is 6.10 Å². The molecule has 0 saturated carbocycles. The highest BCUT2D eigenvalue weighted by atomic mass is 16.6. The third kappa shape index (κ3) is 75.6. The van der Waals surface area contributed by atoms with Crippen LogP contribution in [0.15, 0.2) is 267 Å². The molecule has 0 rings (SSSR count). The molecule has 0 aromatic rings. The molecule has 1 unspecified atom stereocenters. The van der Waals surface area contributed by atoms with Gasteiger partial charge in [0.1, 0.15) is 6.61 Å². The molecule has 5 nitrogen and oxygen atoms in total. The summed E-state index contributed by atoms with van der Waals surface area (Å²) in [5.74, 6) is -0.663. The van der Waals surface area contributed by atoms with Crippen LogP contribution in [0.3, 0.4) is 0 Å². The van der Waals surface area contributed by atoms with Crippen molar-refractivity contribution in [3.05, 3.63) is 267 Å². The van der Waals surface area contributed by atoms with Crippen LogP contribution >= 0.6 is 0 Å². The summed E-state index contributed by atoms with van der Waals surface area (Å²) < 4.78 is 10.7. The van der Waals surface area contributed by atoms with Crippen LogP contribution < -0.4 is 0 Å². The zero-order chi connectivity index (χ0) is 66.1. The maximum absolute atomic E-state index is 12.4. The molecular weight excluding hydrogens is 1120 g/mol. The third-order valence-corrected chi connectivity index (χ3v) is 14.0. The second-order valence-electron chi connectivity index (χ2n) is 22.5. The summed E-state index contributed by atoms with van der Waals surface area (Å²) in [4.78, 5) is 24.7. The summed E-state index contributed by atoms with van der Waals surface area (Å²) >= 11 is 0. The van der Waals surface area contributed by atoms with Gasteiger partial charge in [0, 0.05) is 12.8 Å². The Morgan fingerprint density at radius 3 is 0.663 bits per heavy atom. The second-order valence-corrected chi connectivity index (χ2v) is 22.5. The number of carbonyl (C=O) groups excluding carboxylic acids is 2. The largest absolute Gasteiger partial charge is 0.462 e. The van der Waals surface area contributed by atoms with E-state index in [9.17, 15) is 14.7 Å².